The minimum Gasteiger partial charge on any atom is -0.507 e. The summed E-state index contributed by atoms with van der Waals surface area (Å²) >= 11 is 2.65. The van der Waals surface area contributed by atoms with Crippen molar-refractivity contribution in [3.8, 4) is 11.5 Å². The molecule has 1 aromatic heterocycles. The molecule has 0 aliphatic carbocycles. The Morgan fingerprint density at radius 2 is 1.80 bits per heavy atom. The van der Waals surface area contributed by atoms with Crippen LogP contribution in [0.15, 0.2) is 94.8 Å². The number of aliphatic hydroxyl groups excluding tert-OH is 1. The minimum absolute atomic E-state index is 0.0198. The van der Waals surface area contributed by atoms with Crippen molar-refractivity contribution in [2.75, 3.05) is 18.6 Å². The molecule has 228 valence electrons. The Morgan fingerprint density at radius 1 is 1.02 bits per heavy atom. The zero-order valence-electron chi connectivity index (χ0n) is 24.4. The third-order valence-corrected chi connectivity index (χ3v) is 9.48. The summed E-state index contributed by atoms with van der Waals surface area (Å²) in [7, 11) is 1.33. The van der Waals surface area contributed by atoms with Crippen LogP contribution in [-0.2, 0) is 15.3 Å². The van der Waals surface area contributed by atoms with Gasteiger partial charge in [-0.1, -0.05) is 84.6 Å². The Labute approximate surface area is 267 Å². The Kier molecular flexibility index (Phi) is 8.81. The van der Waals surface area contributed by atoms with Gasteiger partial charge in [0.05, 0.1) is 25.3 Å². The van der Waals surface area contributed by atoms with Crippen molar-refractivity contribution in [3.05, 3.63) is 113 Å². The van der Waals surface area contributed by atoms with Crippen LogP contribution >= 0.6 is 23.1 Å². The molecule has 11 heteroatoms. The molecule has 1 unspecified atom stereocenters. The summed E-state index contributed by atoms with van der Waals surface area (Å²) in [5.74, 6) is -1.79. The van der Waals surface area contributed by atoms with Crippen LogP contribution in [0.2, 0.25) is 0 Å². The van der Waals surface area contributed by atoms with Gasteiger partial charge in [0.1, 0.15) is 11.5 Å². The van der Waals surface area contributed by atoms with Crippen LogP contribution in [-0.4, -0.2) is 40.7 Å². The molecule has 1 atom stereocenters. The predicted octanol–water partition coefficient (Wildman–Crippen LogP) is 7.55. The maximum atomic E-state index is 14.6. The van der Waals surface area contributed by atoms with E-state index in [4.69, 9.17) is 9.47 Å². The number of fused-ring (bicyclic) bond motifs is 1. The Balaban J connectivity index is 1.37. The molecule has 1 saturated heterocycles. The topological polar surface area (TPSA) is 102 Å². The average molecular weight is 642 g/mol. The summed E-state index contributed by atoms with van der Waals surface area (Å²) < 4.78 is 25.9. The van der Waals surface area contributed by atoms with E-state index in [9.17, 15) is 19.1 Å². The molecular formula is C34H28FN3O5S2. The predicted molar refractivity (Wildman–Crippen MR) is 173 cm³/mol. The van der Waals surface area contributed by atoms with Crippen LogP contribution in [0, 0.1) is 5.82 Å². The monoisotopic (exact) mass is 641 g/mol. The zero-order chi connectivity index (χ0) is 31.5. The number of aliphatic hydroxyl groups is 1. The first kappa shape index (κ1) is 30.3. The molecule has 1 amide bonds. The number of thioether (sulfide) groups is 1. The van der Waals surface area contributed by atoms with Gasteiger partial charge in [0.2, 0.25) is 5.13 Å². The highest BCUT2D eigenvalue weighted by Crippen LogP contribution is 2.44. The average Bonchev–Trinajstić information content (AvgIpc) is 3.64. The number of hydrogen-bond donors (Lipinski definition) is 1. The minimum atomic E-state index is -1.04. The van der Waals surface area contributed by atoms with Gasteiger partial charge < -0.3 is 14.6 Å². The lowest BCUT2D eigenvalue weighted by Gasteiger charge is -2.22. The largest absolute Gasteiger partial charge is 0.507 e. The molecular weight excluding hydrogens is 614 g/mol. The smallest absolute Gasteiger partial charge is 0.301 e. The molecule has 1 aliphatic rings. The standard InChI is InChI=1S/C34H28FN3O5S2/c1-3-17-43-24-14-11-21(12-15-24)29-28(30(39)22-13-16-27(42-2)26(35)18-22)31(40)32(41)38(29)33-36-37-34(45-33)44-19-23-9-6-8-20-7-4-5-10-25(20)23/h4-16,18,29,39H,3,17,19H2,1-2H3. The molecule has 2 heterocycles. The van der Waals surface area contributed by atoms with Crippen molar-refractivity contribution in [1.82, 2.24) is 10.2 Å². The summed E-state index contributed by atoms with van der Waals surface area (Å²) in [6.45, 7) is 2.53. The van der Waals surface area contributed by atoms with Crippen molar-refractivity contribution in [2.45, 2.75) is 29.5 Å². The molecule has 8 nitrogen and oxygen atoms in total. The van der Waals surface area contributed by atoms with Crippen LogP contribution in [0.1, 0.15) is 36.1 Å². The maximum Gasteiger partial charge on any atom is 0.301 e. The van der Waals surface area contributed by atoms with Gasteiger partial charge in [-0.15, -0.1) is 10.2 Å². The number of benzene rings is 4. The number of rotatable bonds is 10. The van der Waals surface area contributed by atoms with Gasteiger partial charge >= 0.3 is 5.91 Å². The maximum absolute atomic E-state index is 14.6. The van der Waals surface area contributed by atoms with E-state index in [1.807, 2.05) is 25.1 Å². The molecule has 0 bridgehead atoms. The first-order valence-electron chi connectivity index (χ1n) is 14.2. The van der Waals surface area contributed by atoms with Gasteiger partial charge in [-0.25, -0.2) is 4.39 Å². The number of methoxy groups -OCH3 is 1. The molecule has 1 aliphatic heterocycles. The van der Waals surface area contributed by atoms with Crippen molar-refractivity contribution in [1.29, 1.82) is 0 Å². The lowest BCUT2D eigenvalue weighted by molar-refractivity contribution is -0.132. The van der Waals surface area contributed by atoms with Crippen LogP contribution in [0.4, 0.5) is 9.52 Å². The number of amides is 1. The second-order valence-electron chi connectivity index (χ2n) is 10.2. The molecule has 6 rings (SSSR count). The van der Waals surface area contributed by atoms with E-state index in [-0.39, 0.29) is 22.0 Å². The van der Waals surface area contributed by atoms with Gasteiger partial charge in [0.15, 0.2) is 15.9 Å². The highest BCUT2D eigenvalue weighted by Gasteiger charge is 2.48. The zero-order valence-corrected chi connectivity index (χ0v) is 26.0. The van der Waals surface area contributed by atoms with Crippen LogP contribution in [0.3, 0.4) is 0 Å². The third kappa shape index (κ3) is 6.01. The highest BCUT2D eigenvalue weighted by molar-refractivity contribution is 8.00. The van der Waals surface area contributed by atoms with Crippen LogP contribution in [0.5, 0.6) is 11.5 Å². The molecule has 0 spiro atoms. The molecule has 5 aromatic rings. The fraction of sp³-hybridized carbons (Fsp3) is 0.176. The van der Waals surface area contributed by atoms with E-state index >= 15 is 0 Å². The molecule has 1 fully saturated rings. The first-order chi connectivity index (χ1) is 21.9. The summed E-state index contributed by atoms with van der Waals surface area (Å²) in [6.07, 6.45) is 0.832. The number of ether oxygens (including phenoxy) is 2. The number of ketones is 1. The second-order valence-corrected chi connectivity index (χ2v) is 12.4. The van der Waals surface area contributed by atoms with Gasteiger partial charge in [-0.2, -0.15) is 0 Å². The van der Waals surface area contributed by atoms with E-state index in [1.165, 1.54) is 47.2 Å². The summed E-state index contributed by atoms with van der Waals surface area (Å²) in [4.78, 5) is 28.4. The number of carbonyl (C=O) groups excluding carboxylic acids is 2. The molecule has 0 saturated carbocycles. The number of Topliss-reactive ketones (excluding diaryl/α,β-unsaturated/α-hetero) is 1. The summed E-state index contributed by atoms with van der Waals surface area (Å²) in [5.41, 5.74) is 1.51. The SMILES string of the molecule is CCCOc1ccc(C2C(=C(O)c3ccc(OC)c(F)c3)C(=O)C(=O)N2c2nnc(SCc3cccc4ccccc34)s2)cc1. The number of nitrogens with zero attached hydrogens (tertiary/aromatic N) is 3. The van der Waals surface area contributed by atoms with Crippen LogP contribution < -0.4 is 14.4 Å². The molecule has 1 N–H and O–H groups in total. The number of anilines is 1. The quantitative estimate of drug-likeness (QED) is 0.0549. The number of aromatic nitrogens is 2. The van der Waals surface area contributed by atoms with E-state index in [1.54, 1.807) is 24.3 Å². The Bertz CT molecular complexity index is 1920. The lowest BCUT2D eigenvalue weighted by atomic mass is 9.95. The van der Waals surface area contributed by atoms with Crippen LogP contribution in [0.25, 0.3) is 16.5 Å². The van der Waals surface area contributed by atoms with Crippen molar-refractivity contribution < 1.29 is 28.6 Å². The number of hydrogen-bond acceptors (Lipinski definition) is 9. The number of carbonyl (C=O) groups is 2. The first-order valence-corrected chi connectivity index (χ1v) is 16.0. The fourth-order valence-electron chi connectivity index (χ4n) is 5.20. The normalized spacial score (nSPS) is 16.0. The molecule has 0 radical (unpaired) electrons. The third-order valence-electron chi connectivity index (χ3n) is 7.37. The Morgan fingerprint density at radius 3 is 2.56 bits per heavy atom. The number of halogens is 1. The summed E-state index contributed by atoms with van der Waals surface area (Å²) in [6, 6.07) is 24.0. The highest BCUT2D eigenvalue weighted by atomic mass is 32.2. The van der Waals surface area contributed by atoms with E-state index in [0.29, 0.717) is 28.0 Å². The molecule has 45 heavy (non-hydrogen) atoms. The van der Waals surface area contributed by atoms with Crippen molar-refractivity contribution >= 4 is 56.5 Å². The fourth-order valence-corrected chi connectivity index (χ4v) is 7.07. The van der Waals surface area contributed by atoms with Gasteiger partial charge in [-0.3, -0.25) is 14.5 Å². The van der Waals surface area contributed by atoms with Gasteiger partial charge in [0.25, 0.3) is 5.78 Å². The van der Waals surface area contributed by atoms with E-state index < -0.39 is 29.3 Å². The van der Waals surface area contributed by atoms with Gasteiger partial charge in [0, 0.05) is 11.3 Å². The lowest BCUT2D eigenvalue weighted by Crippen LogP contribution is -2.29. The van der Waals surface area contributed by atoms with Crippen molar-refractivity contribution in [3.63, 3.8) is 0 Å². The molecule has 4 aromatic carbocycles. The van der Waals surface area contributed by atoms with E-state index in [0.717, 1.165) is 28.8 Å². The Hall–Kier alpha value is -4.74. The van der Waals surface area contributed by atoms with E-state index in [2.05, 4.69) is 34.5 Å². The summed E-state index contributed by atoms with van der Waals surface area (Å²) in [5, 5.41) is 22.5. The second kappa shape index (κ2) is 13.1. The van der Waals surface area contributed by atoms with Gasteiger partial charge in [-0.05, 0) is 58.7 Å². The van der Waals surface area contributed by atoms with Crippen molar-refractivity contribution in [2.24, 2.45) is 0 Å².